The van der Waals surface area contributed by atoms with Crippen LogP contribution in [0.4, 0.5) is 5.13 Å². The fourth-order valence-electron chi connectivity index (χ4n) is 2.53. The predicted molar refractivity (Wildman–Crippen MR) is 96.7 cm³/mol. The summed E-state index contributed by atoms with van der Waals surface area (Å²) >= 11 is 3.16. The highest BCUT2D eigenvalue weighted by atomic mass is 32.1. The van der Waals surface area contributed by atoms with Crippen LogP contribution in [0.5, 0.6) is 0 Å². The maximum Gasteiger partial charge on any atom is 0.257 e. The van der Waals surface area contributed by atoms with Gasteiger partial charge in [0.15, 0.2) is 5.13 Å². The second-order valence-corrected chi connectivity index (χ2v) is 7.49. The Kier molecular flexibility index (Phi) is 3.36. The summed E-state index contributed by atoms with van der Waals surface area (Å²) in [7, 11) is 0. The molecule has 114 valence electrons. The molecule has 4 nitrogen and oxygen atoms in total. The Bertz CT molecular complexity index is 1050. The zero-order valence-corrected chi connectivity index (χ0v) is 14.2. The minimum Gasteiger partial charge on any atom is -0.298 e. The van der Waals surface area contributed by atoms with E-state index in [-0.39, 0.29) is 5.91 Å². The fraction of sp³-hybridized carbons (Fsp3) is 0.118. The molecular weight excluding hydrogens is 326 g/mol. The van der Waals surface area contributed by atoms with Crippen LogP contribution >= 0.6 is 22.7 Å². The number of thiazole rings is 2. The molecule has 1 N–H and O–H groups in total. The summed E-state index contributed by atoms with van der Waals surface area (Å²) in [5.41, 5.74) is 3.50. The van der Waals surface area contributed by atoms with Crippen LogP contribution in [0.15, 0.2) is 36.4 Å². The summed E-state index contributed by atoms with van der Waals surface area (Å²) in [6, 6.07) is 11.5. The monoisotopic (exact) mass is 339 g/mol. The summed E-state index contributed by atoms with van der Waals surface area (Å²) in [6.45, 7) is 3.93. The first-order valence-corrected chi connectivity index (χ1v) is 8.79. The van der Waals surface area contributed by atoms with Crippen molar-refractivity contribution in [1.29, 1.82) is 0 Å². The van der Waals surface area contributed by atoms with Crippen LogP contribution in [-0.2, 0) is 0 Å². The number of aromatic nitrogens is 2. The topological polar surface area (TPSA) is 54.9 Å². The molecule has 0 fully saturated rings. The Hall–Kier alpha value is -2.31. The Morgan fingerprint density at radius 1 is 0.957 bits per heavy atom. The van der Waals surface area contributed by atoms with Crippen molar-refractivity contribution in [3.63, 3.8) is 0 Å². The number of fused-ring (bicyclic) bond motifs is 3. The minimum absolute atomic E-state index is 0.126. The van der Waals surface area contributed by atoms with Gasteiger partial charge < -0.3 is 0 Å². The molecule has 0 aliphatic rings. The molecule has 0 saturated carbocycles. The number of carbonyl (C=O) groups excluding carboxylic acids is 1. The summed E-state index contributed by atoms with van der Waals surface area (Å²) in [6.07, 6.45) is 0. The third-order valence-electron chi connectivity index (χ3n) is 3.63. The molecule has 0 saturated heterocycles. The van der Waals surface area contributed by atoms with Crippen molar-refractivity contribution in [3.05, 3.63) is 52.5 Å². The maximum absolute atomic E-state index is 12.4. The Morgan fingerprint density at radius 3 is 2.43 bits per heavy atom. The quantitative estimate of drug-likeness (QED) is 0.572. The van der Waals surface area contributed by atoms with Gasteiger partial charge in [-0.05, 0) is 37.6 Å². The largest absolute Gasteiger partial charge is 0.298 e. The number of carbonyl (C=O) groups is 1. The molecule has 2 heterocycles. The van der Waals surface area contributed by atoms with Crippen LogP contribution in [0.1, 0.15) is 20.9 Å². The number of hydrogen-bond donors (Lipinski definition) is 1. The van der Waals surface area contributed by atoms with E-state index in [9.17, 15) is 4.79 Å². The van der Waals surface area contributed by atoms with Gasteiger partial charge in [-0.1, -0.05) is 29.5 Å². The zero-order chi connectivity index (χ0) is 16.0. The van der Waals surface area contributed by atoms with E-state index < -0.39 is 0 Å². The van der Waals surface area contributed by atoms with E-state index in [0.717, 1.165) is 31.0 Å². The lowest BCUT2D eigenvalue weighted by molar-refractivity contribution is 0.102. The lowest BCUT2D eigenvalue weighted by atomic mass is 10.1. The molecule has 0 radical (unpaired) electrons. The van der Waals surface area contributed by atoms with Crippen LogP contribution in [0.25, 0.3) is 20.4 Å². The second-order valence-electron chi connectivity index (χ2n) is 5.28. The van der Waals surface area contributed by atoms with Crippen molar-refractivity contribution in [2.45, 2.75) is 13.8 Å². The van der Waals surface area contributed by atoms with Crippen LogP contribution in [0.2, 0.25) is 0 Å². The van der Waals surface area contributed by atoms with E-state index in [1.807, 2.05) is 50.2 Å². The number of hydrogen-bond acceptors (Lipinski definition) is 5. The van der Waals surface area contributed by atoms with E-state index in [0.29, 0.717) is 10.7 Å². The molecule has 4 rings (SSSR count). The standard InChI is InChI=1S/C17H13N3OS2/c1-9-5-3-4-6-11(9)16(21)20-17-19-13-8-7-12-14(15(13)23-17)22-10(2)18-12/h3-8H,1-2H3,(H,19,20,21). The van der Waals surface area contributed by atoms with Crippen LogP contribution in [0.3, 0.4) is 0 Å². The van der Waals surface area contributed by atoms with Gasteiger partial charge in [0.05, 0.1) is 25.4 Å². The predicted octanol–water partition coefficient (Wildman–Crippen LogP) is 4.78. The third-order valence-corrected chi connectivity index (χ3v) is 5.77. The number of amides is 1. The van der Waals surface area contributed by atoms with Gasteiger partial charge in [-0.25, -0.2) is 9.97 Å². The Morgan fingerprint density at radius 2 is 1.65 bits per heavy atom. The first-order chi connectivity index (χ1) is 11.1. The number of aryl methyl sites for hydroxylation is 2. The summed E-state index contributed by atoms with van der Waals surface area (Å²) in [5.74, 6) is -0.126. The van der Waals surface area contributed by atoms with Crippen molar-refractivity contribution in [2.24, 2.45) is 0 Å². The highest BCUT2D eigenvalue weighted by molar-refractivity contribution is 7.28. The first kappa shape index (κ1) is 14.3. The molecule has 0 aliphatic carbocycles. The van der Waals surface area contributed by atoms with Gasteiger partial charge in [-0.15, -0.1) is 11.3 Å². The molecule has 0 atom stereocenters. The minimum atomic E-state index is -0.126. The number of benzene rings is 2. The van der Waals surface area contributed by atoms with E-state index in [1.165, 1.54) is 11.3 Å². The normalized spacial score (nSPS) is 11.2. The van der Waals surface area contributed by atoms with Gasteiger partial charge in [0, 0.05) is 5.56 Å². The molecule has 0 spiro atoms. The van der Waals surface area contributed by atoms with Crippen molar-refractivity contribution in [2.75, 3.05) is 5.32 Å². The third kappa shape index (κ3) is 2.50. The smallest absolute Gasteiger partial charge is 0.257 e. The van der Waals surface area contributed by atoms with Gasteiger partial charge >= 0.3 is 0 Å². The second kappa shape index (κ2) is 5.40. The van der Waals surface area contributed by atoms with Crippen LogP contribution in [-0.4, -0.2) is 15.9 Å². The molecule has 1 amide bonds. The zero-order valence-electron chi connectivity index (χ0n) is 12.6. The summed E-state index contributed by atoms with van der Waals surface area (Å²) < 4.78 is 2.21. The molecule has 0 unspecified atom stereocenters. The van der Waals surface area contributed by atoms with E-state index >= 15 is 0 Å². The highest BCUT2D eigenvalue weighted by Gasteiger charge is 2.14. The van der Waals surface area contributed by atoms with Crippen LogP contribution in [0, 0.1) is 13.8 Å². The molecule has 4 aromatic rings. The van der Waals surface area contributed by atoms with Gasteiger partial charge in [0.1, 0.15) is 0 Å². The summed E-state index contributed by atoms with van der Waals surface area (Å²) in [4.78, 5) is 21.5. The molecule has 6 heteroatoms. The van der Waals surface area contributed by atoms with Crippen molar-refractivity contribution in [3.8, 4) is 0 Å². The number of rotatable bonds is 2. The maximum atomic E-state index is 12.4. The first-order valence-electron chi connectivity index (χ1n) is 7.15. The lowest BCUT2D eigenvalue weighted by Gasteiger charge is -2.04. The summed E-state index contributed by atoms with van der Waals surface area (Å²) in [5, 5.41) is 4.56. The number of nitrogens with one attached hydrogen (secondary N) is 1. The van der Waals surface area contributed by atoms with Crippen LogP contribution < -0.4 is 5.32 Å². The lowest BCUT2D eigenvalue weighted by Crippen LogP contribution is -2.12. The van der Waals surface area contributed by atoms with Gasteiger partial charge in [0.2, 0.25) is 0 Å². The molecule has 23 heavy (non-hydrogen) atoms. The van der Waals surface area contributed by atoms with E-state index in [4.69, 9.17) is 0 Å². The molecule has 0 bridgehead atoms. The van der Waals surface area contributed by atoms with Gasteiger partial charge in [0.25, 0.3) is 5.91 Å². The number of nitrogens with zero attached hydrogens (tertiary/aromatic N) is 2. The van der Waals surface area contributed by atoms with Crippen molar-refractivity contribution >= 4 is 54.1 Å². The van der Waals surface area contributed by atoms with E-state index in [2.05, 4.69) is 15.3 Å². The average molecular weight is 339 g/mol. The SMILES string of the molecule is Cc1nc2ccc3nc(NC(=O)c4ccccc4C)sc3c2s1. The molecule has 2 aromatic heterocycles. The Labute approximate surface area is 140 Å². The van der Waals surface area contributed by atoms with E-state index in [1.54, 1.807) is 11.3 Å². The number of anilines is 1. The Balaban J connectivity index is 1.73. The highest BCUT2D eigenvalue weighted by Crippen LogP contribution is 2.35. The average Bonchev–Trinajstić information content (AvgIpc) is 3.09. The van der Waals surface area contributed by atoms with Gasteiger partial charge in [-0.3, -0.25) is 10.1 Å². The molecular formula is C17H13N3OS2. The molecule has 0 aliphatic heterocycles. The van der Waals surface area contributed by atoms with Crippen molar-refractivity contribution in [1.82, 2.24) is 9.97 Å². The fourth-order valence-corrected chi connectivity index (χ4v) is 4.53. The molecule has 2 aromatic carbocycles. The van der Waals surface area contributed by atoms with Gasteiger partial charge in [-0.2, -0.15) is 0 Å². The van der Waals surface area contributed by atoms with Crippen molar-refractivity contribution < 1.29 is 4.79 Å².